The summed E-state index contributed by atoms with van der Waals surface area (Å²) in [6.07, 6.45) is -3.90. The highest BCUT2D eigenvalue weighted by molar-refractivity contribution is 5.96. The van der Waals surface area contributed by atoms with Crippen LogP contribution >= 0.6 is 0 Å². The van der Waals surface area contributed by atoms with Gasteiger partial charge in [-0.3, -0.25) is 0 Å². The summed E-state index contributed by atoms with van der Waals surface area (Å²) in [5.74, 6) is -3.49. The van der Waals surface area contributed by atoms with Gasteiger partial charge in [-0.1, -0.05) is 12.7 Å². The number of nitrogen functional groups attached to an aromatic ring is 1. The van der Waals surface area contributed by atoms with E-state index in [2.05, 4.69) is 6.58 Å². The molecule has 0 fully saturated rings. The topological polar surface area (TPSA) is 26.0 Å². The molecule has 0 aliphatic carbocycles. The third-order valence-electron chi connectivity index (χ3n) is 2.69. The van der Waals surface area contributed by atoms with Crippen LogP contribution in [0.2, 0.25) is 0 Å². The number of anilines is 1. The second-order valence-corrected chi connectivity index (χ2v) is 3.96. The maximum absolute atomic E-state index is 13.5. The fourth-order valence-electron chi connectivity index (χ4n) is 1.97. The van der Waals surface area contributed by atoms with Crippen molar-refractivity contribution in [1.82, 2.24) is 0 Å². The van der Waals surface area contributed by atoms with E-state index in [4.69, 9.17) is 5.73 Å². The molecular weight excluding hydrogens is 265 g/mol. The summed E-state index contributed by atoms with van der Waals surface area (Å²) in [6, 6.07) is 3.06. The van der Waals surface area contributed by atoms with Crippen molar-refractivity contribution in [1.29, 1.82) is 0 Å². The molecule has 0 spiro atoms. The van der Waals surface area contributed by atoms with Crippen LogP contribution in [0.25, 0.3) is 16.8 Å². The molecular formula is C13H8F5N. The summed E-state index contributed by atoms with van der Waals surface area (Å²) >= 11 is 0. The molecule has 19 heavy (non-hydrogen) atoms. The summed E-state index contributed by atoms with van der Waals surface area (Å²) in [5.41, 5.74) is 4.00. The second kappa shape index (κ2) is 4.22. The highest BCUT2D eigenvalue weighted by atomic mass is 19.4. The Balaban J connectivity index is 3.07. The molecule has 0 bridgehead atoms. The third kappa shape index (κ3) is 2.14. The maximum atomic E-state index is 13.5. The van der Waals surface area contributed by atoms with Crippen molar-refractivity contribution >= 4 is 22.5 Å². The zero-order valence-corrected chi connectivity index (χ0v) is 9.48. The van der Waals surface area contributed by atoms with Gasteiger partial charge < -0.3 is 5.73 Å². The van der Waals surface area contributed by atoms with Gasteiger partial charge in [0.25, 0.3) is 0 Å². The Morgan fingerprint density at radius 1 is 1.11 bits per heavy atom. The van der Waals surface area contributed by atoms with Crippen molar-refractivity contribution in [2.75, 3.05) is 5.73 Å². The van der Waals surface area contributed by atoms with E-state index in [0.29, 0.717) is 6.07 Å². The average molecular weight is 273 g/mol. The molecule has 0 unspecified atom stereocenters. The van der Waals surface area contributed by atoms with Crippen LogP contribution in [0.4, 0.5) is 27.6 Å². The summed E-state index contributed by atoms with van der Waals surface area (Å²) < 4.78 is 65.5. The molecule has 0 heterocycles. The molecule has 0 saturated heterocycles. The Hall–Kier alpha value is -2.11. The van der Waals surface area contributed by atoms with Crippen LogP contribution in [-0.4, -0.2) is 0 Å². The van der Waals surface area contributed by atoms with Crippen LogP contribution in [-0.2, 0) is 6.18 Å². The Kier molecular flexibility index (Phi) is 2.96. The van der Waals surface area contributed by atoms with Gasteiger partial charge in [0.15, 0.2) is 11.6 Å². The smallest absolute Gasteiger partial charge is 0.399 e. The van der Waals surface area contributed by atoms with E-state index in [1.165, 1.54) is 6.07 Å². The predicted molar refractivity (Wildman–Crippen MR) is 63.4 cm³/mol. The van der Waals surface area contributed by atoms with Gasteiger partial charge in [0.1, 0.15) is 5.56 Å². The summed E-state index contributed by atoms with van der Waals surface area (Å²) in [7, 11) is 0. The molecule has 0 aromatic heterocycles. The van der Waals surface area contributed by atoms with Gasteiger partial charge >= 0.3 is 6.18 Å². The predicted octanol–water partition coefficient (Wildman–Crippen LogP) is 4.36. The van der Waals surface area contributed by atoms with Crippen molar-refractivity contribution in [3.8, 4) is 0 Å². The standard InChI is InChI=1S/C13H8F5N/c1-2-6-3-8(19)4-7-5-9(14)12(15)11(10(6)7)13(16,17)18/h2-5H,1,19H2. The molecule has 0 aliphatic heterocycles. The lowest BCUT2D eigenvalue weighted by molar-refractivity contribution is -0.138. The molecule has 0 radical (unpaired) electrons. The Labute approximate surface area is 105 Å². The highest BCUT2D eigenvalue weighted by Crippen LogP contribution is 2.40. The number of alkyl halides is 3. The van der Waals surface area contributed by atoms with Gasteiger partial charge in [-0.2, -0.15) is 13.2 Å². The lowest BCUT2D eigenvalue weighted by Gasteiger charge is -2.15. The zero-order chi connectivity index (χ0) is 14.4. The van der Waals surface area contributed by atoms with E-state index >= 15 is 0 Å². The fourth-order valence-corrected chi connectivity index (χ4v) is 1.97. The van der Waals surface area contributed by atoms with Crippen molar-refractivity contribution in [3.63, 3.8) is 0 Å². The maximum Gasteiger partial charge on any atom is 0.419 e. The first-order valence-electron chi connectivity index (χ1n) is 5.16. The molecule has 100 valence electrons. The molecule has 0 aliphatic rings. The SMILES string of the molecule is C=Cc1cc(N)cc2cc(F)c(F)c(C(F)(F)F)c12. The van der Waals surface area contributed by atoms with Gasteiger partial charge in [-0.25, -0.2) is 8.78 Å². The molecule has 0 saturated carbocycles. The van der Waals surface area contributed by atoms with E-state index in [9.17, 15) is 22.0 Å². The van der Waals surface area contributed by atoms with Crippen LogP contribution in [0.3, 0.4) is 0 Å². The van der Waals surface area contributed by atoms with E-state index in [-0.39, 0.29) is 16.6 Å². The lowest BCUT2D eigenvalue weighted by Crippen LogP contribution is -2.11. The van der Waals surface area contributed by atoms with E-state index in [1.54, 1.807) is 0 Å². The fraction of sp³-hybridized carbons (Fsp3) is 0.0769. The van der Waals surface area contributed by atoms with Gasteiger partial charge in [-0.05, 0) is 29.1 Å². The third-order valence-corrected chi connectivity index (χ3v) is 2.69. The minimum Gasteiger partial charge on any atom is -0.399 e. The molecule has 0 atom stereocenters. The number of nitrogens with two attached hydrogens (primary N) is 1. The zero-order valence-electron chi connectivity index (χ0n) is 9.48. The molecule has 2 N–H and O–H groups in total. The van der Waals surface area contributed by atoms with Crippen LogP contribution in [0.5, 0.6) is 0 Å². The van der Waals surface area contributed by atoms with Gasteiger partial charge in [0.2, 0.25) is 0 Å². The number of fused-ring (bicyclic) bond motifs is 1. The van der Waals surface area contributed by atoms with Gasteiger partial charge in [0.05, 0.1) is 0 Å². The summed E-state index contributed by atoms with van der Waals surface area (Å²) in [4.78, 5) is 0. The van der Waals surface area contributed by atoms with Crippen LogP contribution in [0, 0.1) is 11.6 Å². The Morgan fingerprint density at radius 2 is 1.74 bits per heavy atom. The molecule has 6 heteroatoms. The molecule has 1 nitrogen and oxygen atoms in total. The van der Waals surface area contributed by atoms with E-state index in [1.807, 2.05) is 0 Å². The first-order chi connectivity index (χ1) is 8.75. The van der Waals surface area contributed by atoms with Crippen LogP contribution in [0.1, 0.15) is 11.1 Å². The van der Waals surface area contributed by atoms with Crippen molar-refractivity contribution in [3.05, 3.63) is 47.5 Å². The van der Waals surface area contributed by atoms with Crippen molar-refractivity contribution in [2.45, 2.75) is 6.18 Å². The van der Waals surface area contributed by atoms with Gasteiger partial charge in [-0.15, -0.1) is 0 Å². The average Bonchev–Trinajstić information content (AvgIpc) is 2.28. The highest BCUT2D eigenvalue weighted by Gasteiger charge is 2.38. The molecule has 2 aromatic rings. The molecule has 2 rings (SSSR count). The number of rotatable bonds is 1. The van der Waals surface area contributed by atoms with E-state index < -0.39 is 28.8 Å². The largest absolute Gasteiger partial charge is 0.419 e. The van der Waals surface area contributed by atoms with E-state index in [0.717, 1.165) is 12.1 Å². The molecule has 2 aromatic carbocycles. The van der Waals surface area contributed by atoms with Gasteiger partial charge in [0, 0.05) is 11.1 Å². The summed E-state index contributed by atoms with van der Waals surface area (Å²) in [6.45, 7) is 3.36. The monoisotopic (exact) mass is 273 g/mol. The van der Waals surface area contributed by atoms with Crippen LogP contribution < -0.4 is 5.73 Å². The number of hydrogen-bond acceptors (Lipinski definition) is 1. The second-order valence-electron chi connectivity index (χ2n) is 3.96. The first-order valence-corrected chi connectivity index (χ1v) is 5.16. The number of benzene rings is 2. The Morgan fingerprint density at radius 3 is 2.26 bits per heavy atom. The normalized spacial score (nSPS) is 11.8. The number of hydrogen-bond donors (Lipinski definition) is 1. The Bertz CT molecular complexity index is 673. The van der Waals surface area contributed by atoms with Crippen molar-refractivity contribution < 1.29 is 22.0 Å². The van der Waals surface area contributed by atoms with Crippen molar-refractivity contribution in [2.24, 2.45) is 0 Å². The minimum absolute atomic E-state index is 0.00113. The summed E-state index contributed by atoms with van der Waals surface area (Å²) in [5, 5.41) is -0.572. The first kappa shape index (κ1) is 13.3. The lowest BCUT2D eigenvalue weighted by atomic mass is 9.97. The number of halogens is 5. The quantitative estimate of drug-likeness (QED) is 0.606. The molecule has 0 amide bonds. The minimum atomic E-state index is -5.02. The van der Waals surface area contributed by atoms with Crippen LogP contribution in [0.15, 0.2) is 24.8 Å².